The van der Waals surface area contributed by atoms with Gasteiger partial charge in [-0.3, -0.25) is 18.6 Å². The lowest BCUT2D eigenvalue weighted by Crippen LogP contribution is -2.30. The molecule has 12 heteroatoms. The molecule has 0 heterocycles. The summed E-state index contributed by atoms with van der Waals surface area (Å²) in [5.74, 6) is -1.26. The summed E-state index contributed by atoms with van der Waals surface area (Å²) in [5.41, 5.74) is 0. The Bertz CT molecular complexity index is 1450. The summed E-state index contributed by atoms with van der Waals surface area (Å²) in [6, 6.07) is 0. The van der Waals surface area contributed by atoms with Crippen LogP contribution < -0.4 is 0 Å². The molecule has 0 bridgehead atoms. The van der Waals surface area contributed by atoms with Gasteiger partial charge in [0.2, 0.25) is 0 Å². The molecule has 0 fully saturated rings. The number of rotatable bonds is 40. The molecular formula is C50H79O11P. The third-order valence-electron chi connectivity index (χ3n) is 8.72. The number of hydrogen-bond acceptors (Lipinski definition) is 10. The lowest BCUT2D eigenvalue weighted by atomic mass is 10.1. The highest BCUT2D eigenvalue weighted by atomic mass is 31.2. The molecule has 4 N–H and O–H groups in total. The van der Waals surface area contributed by atoms with Gasteiger partial charge in [0, 0.05) is 12.8 Å². The third-order valence-corrected chi connectivity index (χ3v) is 9.67. The van der Waals surface area contributed by atoms with Crippen molar-refractivity contribution < 1.29 is 52.9 Å². The number of phosphoric acid groups is 1. The summed E-state index contributed by atoms with van der Waals surface area (Å²) in [4.78, 5) is 35.1. The number of esters is 2. The number of allylic oxidation sites excluding steroid dienone is 19. The minimum atomic E-state index is -4.71. The number of aliphatic hydroxyl groups excluding tert-OH is 3. The molecule has 0 rings (SSSR count). The Balaban J connectivity index is 4.59. The lowest BCUT2D eigenvalue weighted by Gasteiger charge is -2.20. The van der Waals surface area contributed by atoms with Crippen LogP contribution in [0.2, 0.25) is 0 Å². The second kappa shape index (κ2) is 44.0. The van der Waals surface area contributed by atoms with Crippen LogP contribution in [-0.2, 0) is 32.7 Å². The quantitative estimate of drug-likeness (QED) is 0.0152. The molecule has 11 nitrogen and oxygen atoms in total. The highest BCUT2D eigenvalue weighted by molar-refractivity contribution is 7.47. The van der Waals surface area contributed by atoms with Crippen LogP contribution in [0.4, 0.5) is 0 Å². The molecule has 2 unspecified atom stereocenters. The molecule has 0 aliphatic rings. The Kier molecular flexibility index (Phi) is 41.4. The van der Waals surface area contributed by atoms with Gasteiger partial charge in [0.25, 0.3) is 0 Å². The second-order valence-electron chi connectivity index (χ2n) is 14.5. The third kappa shape index (κ3) is 43.0. The average Bonchev–Trinajstić information content (AvgIpc) is 3.26. The number of phosphoric ester groups is 1. The Labute approximate surface area is 373 Å². The first kappa shape index (κ1) is 58.3. The number of carbonyl (C=O) groups excluding carboxylic acids is 2. The van der Waals surface area contributed by atoms with Crippen molar-refractivity contribution in [2.75, 3.05) is 26.4 Å². The summed E-state index contributed by atoms with van der Waals surface area (Å²) >= 11 is 0. The zero-order chi connectivity index (χ0) is 45.6. The maximum absolute atomic E-state index is 12.6. The molecule has 0 aliphatic heterocycles. The van der Waals surface area contributed by atoms with Crippen LogP contribution in [0.1, 0.15) is 136 Å². The van der Waals surface area contributed by atoms with Gasteiger partial charge in [0.05, 0.1) is 25.9 Å². The monoisotopic (exact) mass is 887 g/mol. The van der Waals surface area contributed by atoms with Crippen molar-refractivity contribution in [1.82, 2.24) is 0 Å². The molecule has 0 amide bonds. The van der Waals surface area contributed by atoms with Crippen molar-refractivity contribution in [2.24, 2.45) is 0 Å². The largest absolute Gasteiger partial charge is 0.472 e. The van der Waals surface area contributed by atoms with E-state index in [0.717, 1.165) is 77.0 Å². The molecule has 0 saturated heterocycles. The van der Waals surface area contributed by atoms with Crippen molar-refractivity contribution in [3.63, 3.8) is 0 Å². The van der Waals surface area contributed by atoms with E-state index in [1.165, 1.54) is 19.3 Å². The number of unbranched alkanes of at least 4 members (excludes halogenated alkanes) is 6. The topological polar surface area (TPSA) is 169 Å². The van der Waals surface area contributed by atoms with E-state index >= 15 is 0 Å². The number of ether oxygens (including phenoxy) is 2. The molecule has 0 saturated carbocycles. The number of hydrogen-bond donors (Lipinski definition) is 4. The van der Waals surface area contributed by atoms with E-state index in [2.05, 4.69) is 116 Å². The van der Waals surface area contributed by atoms with Crippen molar-refractivity contribution >= 4 is 19.8 Å². The first-order valence-corrected chi connectivity index (χ1v) is 24.1. The van der Waals surface area contributed by atoms with Gasteiger partial charge in [-0.1, -0.05) is 155 Å². The fourth-order valence-electron chi connectivity index (χ4n) is 5.20. The van der Waals surface area contributed by atoms with Crippen molar-refractivity contribution in [3.8, 4) is 0 Å². The van der Waals surface area contributed by atoms with E-state index in [1.807, 2.05) is 12.2 Å². The minimum Gasteiger partial charge on any atom is -0.462 e. The summed E-state index contributed by atoms with van der Waals surface area (Å²) < 4.78 is 32.5. The van der Waals surface area contributed by atoms with E-state index in [1.54, 1.807) is 12.2 Å². The van der Waals surface area contributed by atoms with Gasteiger partial charge in [0.1, 0.15) is 12.7 Å². The molecule has 0 aromatic rings. The van der Waals surface area contributed by atoms with Crippen molar-refractivity contribution in [1.29, 1.82) is 0 Å². The van der Waals surface area contributed by atoms with E-state index < -0.39 is 64.5 Å². The van der Waals surface area contributed by atoms with E-state index in [-0.39, 0.29) is 19.3 Å². The van der Waals surface area contributed by atoms with Crippen LogP contribution >= 0.6 is 7.82 Å². The SMILES string of the molecule is CC/C=C\C/C=C\C/C=C\C/C=C\C/C=C\C=C/C(O)CCC(=O)O[C@H](COC(=O)CCCCC/C=C\C/C=C\C/C=C\C/C=C\CCCCC)COP(=O)(O)OC[C@@H](O)CO. The minimum absolute atomic E-state index is 0.0507. The van der Waals surface area contributed by atoms with E-state index in [9.17, 15) is 29.3 Å². The van der Waals surface area contributed by atoms with Crippen LogP contribution in [0.15, 0.2) is 122 Å². The van der Waals surface area contributed by atoms with Crippen LogP contribution in [0, 0.1) is 0 Å². The van der Waals surface area contributed by atoms with Gasteiger partial charge in [-0.2, -0.15) is 0 Å². The van der Waals surface area contributed by atoms with Gasteiger partial charge >= 0.3 is 19.8 Å². The zero-order valence-electron chi connectivity index (χ0n) is 37.6. The number of carbonyl (C=O) groups is 2. The maximum atomic E-state index is 12.6. The van der Waals surface area contributed by atoms with Crippen LogP contribution in [0.25, 0.3) is 0 Å². The molecule has 4 atom stereocenters. The fourth-order valence-corrected chi connectivity index (χ4v) is 5.99. The van der Waals surface area contributed by atoms with Gasteiger partial charge in [-0.15, -0.1) is 0 Å². The Hall–Kier alpha value is -3.67. The van der Waals surface area contributed by atoms with Gasteiger partial charge in [-0.25, -0.2) is 4.57 Å². The zero-order valence-corrected chi connectivity index (χ0v) is 38.5. The molecule has 0 aliphatic carbocycles. The second-order valence-corrected chi connectivity index (χ2v) is 16.0. The standard InChI is InChI=1S/C50H79O11P/c1-3-5-7-9-11-13-15-17-19-21-22-23-25-27-29-31-33-35-37-39-49(54)58-44-48(45-60-62(56,57)59-43-47(53)42-51)61-50(55)41-40-46(52)38-36-34-32-30-28-26-24-20-18-16-14-12-10-8-6-4-2/h6,8,11-14,17-20,22-23,26-29,32,34,36,38,46-48,51-53H,3-5,7,9-10,15-16,21,24-25,30-31,33,35,37,39-45H2,1-2H3,(H,56,57)/b8-6-,13-11-,14-12-,19-17-,20-18-,23-22-,28-26-,29-27-,34-32-,38-36-/t46?,47-,48+/m0/s1. The summed E-state index contributed by atoms with van der Waals surface area (Å²) in [6.07, 6.45) is 53.5. The summed E-state index contributed by atoms with van der Waals surface area (Å²) in [6.45, 7) is 1.90. The Morgan fingerprint density at radius 1 is 0.565 bits per heavy atom. The molecular weight excluding hydrogens is 808 g/mol. The summed E-state index contributed by atoms with van der Waals surface area (Å²) in [5, 5.41) is 28.7. The highest BCUT2D eigenvalue weighted by Gasteiger charge is 2.27. The maximum Gasteiger partial charge on any atom is 0.472 e. The Morgan fingerprint density at radius 3 is 1.60 bits per heavy atom. The van der Waals surface area contributed by atoms with Crippen LogP contribution in [-0.4, -0.2) is 76.9 Å². The molecule has 0 aromatic heterocycles. The predicted molar refractivity (Wildman–Crippen MR) is 252 cm³/mol. The van der Waals surface area contributed by atoms with Gasteiger partial charge in [-0.05, 0) is 89.9 Å². The summed E-state index contributed by atoms with van der Waals surface area (Å²) in [7, 11) is -4.71. The fraction of sp³-hybridized carbons (Fsp3) is 0.560. The van der Waals surface area contributed by atoms with Crippen LogP contribution in [0.3, 0.4) is 0 Å². The Morgan fingerprint density at radius 2 is 1.06 bits per heavy atom. The normalized spacial score (nSPS) is 15.4. The molecule has 62 heavy (non-hydrogen) atoms. The first-order valence-electron chi connectivity index (χ1n) is 22.6. The van der Waals surface area contributed by atoms with E-state index in [0.29, 0.717) is 6.42 Å². The average molecular weight is 887 g/mol. The molecule has 0 aromatic carbocycles. The smallest absolute Gasteiger partial charge is 0.462 e. The van der Waals surface area contributed by atoms with E-state index in [4.69, 9.17) is 19.1 Å². The van der Waals surface area contributed by atoms with Crippen LogP contribution in [0.5, 0.6) is 0 Å². The predicted octanol–water partition coefficient (Wildman–Crippen LogP) is 11.3. The number of aliphatic hydroxyl groups is 3. The lowest BCUT2D eigenvalue weighted by molar-refractivity contribution is -0.161. The van der Waals surface area contributed by atoms with Gasteiger partial charge in [0.15, 0.2) is 6.10 Å². The van der Waals surface area contributed by atoms with Gasteiger partial charge < -0.3 is 29.7 Å². The van der Waals surface area contributed by atoms with Crippen molar-refractivity contribution in [3.05, 3.63) is 122 Å². The van der Waals surface area contributed by atoms with Crippen molar-refractivity contribution in [2.45, 2.75) is 154 Å². The molecule has 350 valence electrons. The molecule has 0 radical (unpaired) electrons. The molecule has 0 spiro atoms. The first-order chi connectivity index (χ1) is 30.1. The highest BCUT2D eigenvalue weighted by Crippen LogP contribution is 2.43.